The number of pyridine rings is 1. The first kappa shape index (κ1) is 23.1. The van der Waals surface area contributed by atoms with Crippen LogP contribution in [0.4, 0.5) is 11.4 Å². The Bertz CT molecular complexity index is 1480. The predicted octanol–water partition coefficient (Wildman–Crippen LogP) is 6.23. The molecule has 0 aliphatic rings. The summed E-state index contributed by atoms with van der Waals surface area (Å²) in [6.45, 7) is 0.622. The number of carbonyl (C=O) groups is 1. The van der Waals surface area contributed by atoms with E-state index in [-0.39, 0.29) is 5.91 Å². The van der Waals surface area contributed by atoms with Crippen LogP contribution in [0.25, 0.3) is 23.1 Å². The van der Waals surface area contributed by atoms with E-state index in [1.54, 1.807) is 6.20 Å². The number of amides is 1. The van der Waals surface area contributed by atoms with Crippen LogP contribution in [0.3, 0.4) is 0 Å². The highest BCUT2D eigenvalue weighted by Crippen LogP contribution is 2.26. The van der Waals surface area contributed by atoms with E-state index in [1.165, 1.54) is 5.56 Å². The van der Waals surface area contributed by atoms with E-state index in [9.17, 15) is 4.79 Å². The summed E-state index contributed by atoms with van der Waals surface area (Å²) in [5, 5.41) is 15.0. The van der Waals surface area contributed by atoms with Crippen molar-refractivity contribution in [3.8, 4) is 0 Å². The number of nitrogens with one attached hydrogen (secondary N) is 3. The fourth-order valence-corrected chi connectivity index (χ4v) is 4.06. The molecule has 178 valence electrons. The number of rotatable bonds is 9. The van der Waals surface area contributed by atoms with Crippen molar-refractivity contribution in [2.75, 3.05) is 11.9 Å². The fraction of sp³-hybridized carbons (Fsp3) is 0.100. The van der Waals surface area contributed by atoms with Crippen molar-refractivity contribution in [2.45, 2.75) is 12.8 Å². The minimum absolute atomic E-state index is 0.0873. The molecule has 0 aliphatic heterocycles. The van der Waals surface area contributed by atoms with Crippen LogP contribution < -0.4 is 10.6 Å². The summed E-state index contributed by atoms with van der Waals surface area (Å²) in [6.07, 6.45) is 7.48. The fourth-order valence-electron chi connectivity index (χ4n) is 4.06. The third-order valence-electron chi connectivity index (χ3n) is 5.91. The molecule has 0 atom stereocenters. The van der Waals surface area contributed by atoms with E-state index in [0.717, 1.165) is 46.5 Å². The van der Waals surface area contributed by atoms with Crippen LogP contribution in [0.5, 0.6) is 0 Å². The van der Waals surface area contributed by atoms with Crippen molar-refractivity contribution < 1.29 is 4.79 Å². The summed E-state index contributed by atoms with van der Waals surface area (Å²) in [5.41, 5.74) is 6.14. The smallest absolute Gasteiger partial charge is 0.253 e. The van der Waals surface area contributed by atoms with Gasteiger partial charge in [-0.1, -0.05) is 48.5 Å². The Balaban J connectivity index is 1.24. The Kier molecular flexibility index (Phi) is 7.14. The summed E-state index contributed by atoms with van der Waals surface area (Å²) in [5.74, 6) is -0.0873. The molecule has 36 heavy (non-hydrogen) atoms. The molecular weight excluding hydrogens is 446 g/mol. The average Bonchev–Trinajstić information content (AvgIpc) is 3.33. The number of aromatic amines is 1. The number of hydrogen-bond acceptors (Lipinski definition) is 4. The Labute approximate surface area is 210 Å². The first-order valence-corrected chi connectivity index (χ1v) is 12.0. The maximum atomic E-state index is 12.9. The SMILES string of the molecule is O=C(NCCCc1ccccc1)c1ccccc1Nc1ccc2c(/C=C/c3ccccn3)n[nH]c2c1. The van der Waals surface area contributed by atoms with Gasteiger partial charge in [-0.2, -0.15) is 5.10 Å². The molecule has 6 heteroatoms. The first-order valence-electron chi connectivity index (χ1n) is 12.0. The number of fused-ring (bicyclic) bond motifs is 1. The lowest BCUT2D eigenvalue weighted by Gasteiger charge is -2.12. The summed E-state index contributed by atoms with van der Waals surface area (Å²) in [7, 11) is 0. The minimum Gasteiger partial charge on any atom is -0.355 e. The largest absolute Gasteiger partial charge is 0.355 e. The number of hydrogen-bond donors (Lipinski definition) is 3. The zero-order chi connectivity index (χ0) is 24.6. The molecule has 5 rings (SSSR count). The third kappa shape index (κ3) is 5.67. The molecule has 0 bridgehead atoms. The zero-order valence-electron chi connectivity index (χ0n) is 19.8. The maximum Gasteiger partial charge on any atom is 0.253 e. The number of nitrogens with zero attached hydrogens (tertiary/aromatic N) is 2. The number of para-hydroxylation sites is 1. The maximum absolute atomic E-state index is 12.9. The molecule has 0 spiro atoms. The molecule has 3 N–H and O–H groups in total. The molecule has 0 fully saturated rings. The van der Waals surface area contributed by atoms with Gasteiger partial charge in [0.25, 0.3) is 5.91 Å². The lowest BCUT2D eigenvalue weighted by atomic mass is 10.1. The predicted molar refractivity (Wildman–Crippen MR) is 146 cm³/mol. The topological polar surface area (TPSA) is 82.7 Å². The summed E-state index contributed by atoms with van der Waals surface area (Å²) >= 11 is 0. The molecule has 3 aromatic carbocycles. The van der Waals surface area contributed by atoms with Crippen LogP contribution in [0.15, 0.2) is 97.2 Å². The van der Waals surface area contributed by atoms with Crippen LogP contribution in [0.2, 0.25) is 0 Å². The molecule has 0 saturated carbocycles. The van der Waals surface area contributed by atoms with Crippen LogP contribution in [-0.2, 0) is 6.42 Å². The highest BCUT2D eigenvalue weighted by atomic mass is 16.1. The van der Waals surface area contributed by atoms with Gasteiger partial charge < -0.3 is 10.6 Å². The third-order valence-corrected chi connectivity index (χ3v) is 5.91. The van der Waals surface area contributed by atoms with E-state index in [4.69, 9.17) is 0 Å². The number of anilines is 2. The van der Waals surface area contributed by atoms with Gasteiger partial charge in [0.05, 0.1) is 28.2 Å². The lowest BCUT2D eigenvalue weighted by molar-refractivity contribution is 0.0954. The first-order chi connectivity index (χ1) is 17.8. The van der Waals surface area contributed by atoms with Crippen molar-refractivity contribution >= 4 is 40.3 Å². The number of benzene rings is 3. The molecule has 6 nitrogen and oxygen atoms in total. The number of aromatic nitrogens is 3. The Morgan fingerprint density at radius 1 is 0.889 bits per heavy atom. The molecule has 1 amide bonds. The van der Waals surface area contributed by atoms with Gasteiger partial charge in [0, 0.05) is 23.8 Å². The number of carbonyl (C=O) groups excluding carboxylic acids is 1. The average molecular weight is 474 g/mol. The van der Waals surface area contributed by atoms with Crippen molar-refractivity contribution in [3.05, 3.63) is 120 Å². The molecule has 2 heterocycles. The molecule has 0 unspecified atom stereocenters. The molecule has 5 aromatic rings. The van der Waals surface area contributed by atoms with Crippen LogP contribution in [-0.4, -0.2) is 27.6 Å². The van der Waals surface area contributed by atoms with Crippen molar-refractivity contribution in [1.29, 1.82) is 0 Å². The second kappa shape index (κ2) is 11.1. The second-order valence-electron chi connectivity index (χ2n) is 8.47. The van der Waals surface area contributed by atoms with Crippen molar-refractivity contribution in [3.63, 3.8) is 0 Å². The monoisotopic (exact) mass is 473 g/mol. The van der Waals surface area contributed by atoms with E-state index < -0.39 is 0 Å². The van der Waals surface area contributed by atoms with Gasteiger partial charge in [0.2, 0.25) is 0 Å². The van der Waals surface area contributed by atoms with Crippen LogP contribution >= 0.6 is 0 Å². The zero-order valence-corrected chi connectivity index (χ0v) is 19.8. The number of aryl methyl sites for hydroxylation is 1. The molecule has 0 radical (unpaired) electrons. The van der Waals surface area contributed by atoms with E-state index in [2.05, 4.69) is 37.9 Å². The molecule has 0 saturated heterocycles. The van der Waals surface area contributed by atoms with E-state index >= 15 is 0 Å². The Morgan fingerprint density at radius 3 is 2.58 bits per heavy atom. The van der Waals surface area contributed by atoms with Gasteiger partial charge in [0.15, 0.2) is 0 Å². The highest BCUT2D eigenvalue weighted by molar-refractivity contribution is 6.00. The Morgan fingerprint density at radius 2 is 1.72 bits per heavy atom. The normalized spacial score (nSPS) is 11.1. The lowest BCUT2D eigenvalue weighted by Crippen LogP contribution is -2.25. The van der Waals surface area contributed by atoms with Crippen LogP contribution in [0, 0.1) is 0 Å². The number of H-pyrrole nitrogens is 1. The molecule has 0 aliphatic carbocycles. The van der Waals surface area contributed by atoms with Gasteiger partial charge in [-0.05, 0) is 73.0 Å². The second-order valence-corrected chi connectivity index (χ2v) is 8.47. The van der Waals surface area contributed by atoms with Crippen molar-refractivity contribution in [1.82, 2.24) is 20.5 Å². The van der Waals surface area contributed by atoms with Crippen LogP contribution in [0.1, 0.15) is 33.7 Å². The standard InChI is InChI=1S/C30H27N5O/c36-30(32-20-8-11-22-9-2-1-3-10-22)26-13-4-5-14-27(26)33-24-15-17-25-28(34-35-29(25)21-24)18-16-23-12-6-7-19-31-23/h1-7,9-10,12-19,21,33H,8,11,20H2,(H,32,36)(H,34,35)/b18-16+. The van der Waals surface area contributed by atoms with Crippen molar-refractivity contribution in [2.24, 2.45) is 0 Å². The summed E-state index contributed by atoms with van der Waals surface area (Å²) in [4.78, 5) is 17.2. The molecule has 2 aromatic heterocycles. The summed E-state index contributed by atoms with van der Waals surface area (Å²) in [6, 6.07) is 29.7. The Hall–Kier alpha value is -4.71. The van der Waals surface area contributed by atoms with Gasteiger partial charge in [-0.25, -0.2) is 0 Å². The van der Waals surface area contributed by atoms with E-state index in [0.29, 0.717) is 12.1 Å². The van der Waals surface area contributed by atoms with Gasteiger partial charge in [0.1, 0.15) is 0 Å². The van der Waals surface area contributed by atoms with E-state index in [1.807, 2.05) is 91.0 Å². The van der Waals surface area contributed by atoms with Gasteiger partial charge >= 0.3 is 0 Å². The highest BCUT2D eigenvalue weighted by Gasteiger charge is 2.11. The minimum atomic E-state index is -0.0873. The molecular formula is C30H27N5O. The van der Waals surface area contributed by atoms with Gasteiger partial charge in [-0.3, -0.25) is 14.9 Å². The quantitative estimate of drug-likeness (QED) is 0.222. The summed E-state index contributed by atoms with van der Waals surface area (Å²) < 4.78 is 0. The van der Waals surface area contributed by atoms with Gasteiger partial charge in [-0.15, -0.1) is 0 Å².